The Bertz CT molecular complexity index is 824. The third-order valence-electron chi connectivity index (χ3n) is 6.16. The zero-order valence-corrected chi connectivity index (χ0v) is 14.4. The summed E-state index contributed by atoms with van der Waals surface area (Å²) in [5, 5.41) is 6.13. The molecule has 132 valence electrons. The summed E-state index contributed by atoms with van der Waals surface area (Å²) in [5.41, 5.74) is 0.0938. The van der Waals surface area contributed by atoms with Gasteiger partial charge in [0.15, 0.2) is 10.9 Å². The molecule has 2 N–H and O–H groups in total. The number of benzene rings is 1. The number of amides is 2. The van der Waals surface area contributed by atoms with Crippen molar-refractivity contribution in [2.75, 3.05) is 5.32 Å². The van der Waals surface area contributed by atoms with E-state index in [4.69, 9.17) is 0 Å². The van der Waals surface area contributed by atoms with E-state index in [0.29, 0.717) is 21.7 Å². The topological polar surface area (TPSA) is 54.0 Å². The van der Waals surface area contributed by atoms with Gasteiger partial charge in [-0.25, -0.2) is 18.6 Å². The van der Waals surface area contributed by atoms with Gasteiger partial charge in [0, 0.05) is 12.1 Å². The number of aromatic nitrogens is 1. The second-order valence-electron chi connectivity index (χ2n) is 7.81. The van der Waals surface area contributed by atoms with Gasteiger partial charge >= 0.3 is 6.03 Å². The highest BCUT2D eigenvalue weighted by molar-refractivity contribution is 7.22. The van der Waals surface area contributed by atoms with Gasteiger partial charge in [-0.2, -0.15) is 0 Å². The smallest absolute Gasteiger partial charge is 0.321 e. The summed E-state index contributed by atoms with van der Waals surface area (Å²) in [7, 11) is 0. The number of fused-ring (bicyclic) bond motifs is 1. The van der Waals surface area contributed by atoms with E-state index in [2.05, 4.69) is 15.6 Å². The Balaban J connectivity index is 1.30. The molecule has 1 aromatic carbocycles. The summed E-state index contributed by atoms with van der Waals surface area (Å²) in [6.07, 6.45) is 6.28. The minimum atomic E-state index is -0.708. The Morgan fingerprint density at radius 3 is 2.44 bits per heavy atom. The van der Waals surface area contributed by atoms with E-state index in [1.54, 1.807) is 0 Å². The molecule has 0 saturated heterocycles. The lowest BCUT2D eigenvalue weighted by molar-refractivity contribution is -0.00883. The van der Waals surface area contributed by atoms with Crippen LogP contribution in [0.3, 0.4) is 0 Å². The maximum absolute atomic E-state index is 13.7. The number of carbonyl (C=O) groups excluding carboxylic acids is 1. The Labute approximate surface area is 148 Å². The van der Waals surface area contributed by atoms with Crippen molar-refractivity contribution in [2.24, 2.45) is 23.7 Å². The van der Waals surface area contributed by atoms with Gasteiger partial charge in [-0.05, 0) is 61.8 Å². The number of nitrogens with zero attached hydrogens (tertiary/aromatic N) is 1. The Hall–Kier alpha value is -1.76. The average Bonchev–Trinajstić information content (AvgIpc) is 2.92. The first-order valence-electron chi connectivity index (χ1n) is 8.88. The number of halogens is 2. The van der Waals surface area contributed by atoms with Crippen molar-refractivity contribution < 1.29 is 13.6 Å². The molecule has 7 heteroatoms. The maximum Gasteiger partial charge on any atom is 0.321 e. The molecule has 4 bridgehead atoms. The number of rotatable bonds is 2. The van der Waals surface area contributed by atoms with E-state index >= 15 is 0 Å². The van der Waals surface area contributed by atoms with Crippen molar-refractivity contribution in [3.8, 4) is 0 Å². The van der Waals surface area contributed by atoms with Gasteiger partial charge in [0.25, 0.3) is 0 Å². The second-order valence-corrected chi connectivity index (χ2v) is 8.84. The lowest BCUT2D eigenvalue weighted by Gasteiger charge is -2.54. The molecule has 4 nitrogen and oxygen atoms in total. The normalized spacial score (nSPS) is 33.0. The fourth-order valence-corrected chi connectivity index (χ4v) is 6.36. The summed E-state index contributed by atoms with van der Waals surface area (Å²) in [6.45, 7) is 0. The first-order chi connectivity index (χ1) is 12.0. The summed E-state index contributed by atoms with van der Waals surface area (Å²) >= 11 is 1.08. The summed E-state index contributed by atoms with van der Waals surface area (Å²) in [4.78, 5) is 16.5. The van der Waals surface area contributed by atoms with Crippen LogP contribution in [0.15, 0.2) is 12.1 Å². The molecular weight excluding hydrogens is 344 g/mol. The van der Waals surface area contributed by atoms with Crippen molar-refractivity contribution in [3.05, 3.63) is 23.8 Å². The standard InChI is InChI=1S/C18H19F2N3OS/c19-12-6-13(20)16-14(7-12)25-18(22-16)23-17(24)21-15-10-2-8-1-9(4-10)5-11(15)3-8/h6-11,15H,1-5H2,(H2,21,22,23,24). The molecule has 2 amide bonds. The largest absolute Gasteiger partial charge is 0.335 e. The van der Waals surface area contributed by atoms with Crippen molar-refractivity contribution >= 4 is 32.7 Å². The Kier molecular flexibility index (Phi) is 3.48. The van der Waals surface area contributed by atoms with Crippen LogP contribution in [0.1, 0.15) is 32.1 Å². The molecule has 4 fully saturated rings. The molecule has 4 saturated carbocycles. The van der Waals surface area contributed by atoms with Crippen molar-refractivity contribution in [2.45, 2.75) is 38.1 Å². The van der Waals surface area contributed by atoms with E-state index in [1.807, 2.05) is 0 Å². The van der Waals surface area contributed by atoms with Crippen LogP contribution in [0.4, 0.5) is 18.7 Å². The minimum Gasteiger partial charge on any atom is -0.335 e. The maximum atomic E-state index is 13.7. The van der Waals surface area contributed by atoms with E-state index in [0.717, 1.165) is 29.2 Å². The van der Waals surface area contributed by atoms with Crippen molar-refractivity contribution in [3.63, 3.8) is 0 Å². The first-order valence-corrected chi connectivity index (χ1v) is 9.70. The Morgan fingerprint density at radius 2 is 1.76 bits per heavy atom. The monoisotopic (exact) mass is 363 g/mol. The molecule has 1 aromatic heterocycles. The summed E-state index contributed by atoms with van der Waals surface area (Å²) < 4.78 is 27.4. The molecule has 0 atom stereocenters. The van der Waals surface area contributed by atoms with Gasteiger partial charge in [-0.3, -0.25) is 5.32 Å². The lowest BCUT2D eigenvalue weighted by Crippen LogP contribution is -2.56. The fourth-order valence-electron chi connectivity index (χ4n) is 5.46. The highest BCUT2D eigenvalue weighted by Crippen LogP contribution is 2.53. The van der Waals surface area contributed by atoms with Crippen LogP contribution in [0, 0.1) is 35.3 Å². The molecule has 1 heterocycles. The molecule has 0 radical (unpaired) electrons. The number of carbonyl (C=O) groups is 1. The average molecular weight is 363 g/mol. The van der Waals surface area contributed by atoms with E-state index < -0.39 is 11.6 Å². The van der Waals surface area contributed by atoms with E-state index in [1.165, 1.54) is 38.2 Å². The first kappa shape index (κ1) is 15.5. The van der Waals surface area contributed by atoms with Crippen LogP contribution < -0.4 is 10.6 Å². The van der Waals surface area contributed by atoms with Gasteiger partial charge in [0.2, 0.25) is 0 Å². The summed E-state index contributed by atoms with van der Waals surface area (Å²) in [6, 6.07) is 1.98. The quantitative estimate of drug-likeness (QED) is 0.824. The second kappa shape index (κ2) is 5.62. The Morgan fingerprint density at radius 1 is 1.08 bits per heavy atom. The van der Waals surface area contributed by atoms with Crippen LogP contribution in [-0.2, 0) is 0 Å². The molecule has 0 spiro atoms. The van der Waals surface area contributed by atoms with Crippen LogP contribution >= 0.6 is 11.3 Å². The third kappa shape index (κ3) is 2.69. The van der Waals surface area contributed by atoms with E-state index in [9.17, 15) is 13.6 Å². The van der Waals surface area contributed by atoms with E-state index in [-0.39, 0.29) is 17.6 Å². The number of urea groups is 1. The van der Waals surface area contributed by atoms with Crippen LogP contribution in [-0.4, -0.2) is 17.1 Å². The zero-order valence-electron chi connectivity index (χ0n) is 13.6. The predicted octanol–water partition coefficient (Wildman–Crippen LogP) is 4.52. The molecule has 25 heavy (non-hydrogen) atoms. The zero-order chi connectivity index (χ0) is 17.1. The van der Waals surface area contributed by atoms with Gasteiger partial charge < -0.3 is 5.32 Å². The number of thiazole rings is 1. The van der Waals surface area contributed by atoms with Gasteiger partial charge in [0.1, 0.15) is 11.3 Å². The van der Waals surface area contributed by atoms with Gasteiger partial charge in [-0.15, -0.1) is 0 Å². The number of nitrogens with one attached hydrogen (secondary N) is 2. The lowest BCUT2D eigenvalue weighted by atomic mass is 9.54. The number of hydrogen-bond acceptors (Lipinski definition) is 3. The molecule has 2 aromatic rings. The highest BCUT2D eigenvalue weighted by Gasteiger charge is 2.48. The molecular formula is C18H19F2N3OS. The summed E-state index contributed by atoms with van der Waals surface area (Å²) in [5.74, 6) is 1.53. The number of anilines is 1. The SMILES string of the molecule is O=C(Nc1nc2c(F)cc(F)cc2s1)NC1C2CC3CC(C2)CC1C3. The molecule has 6 rings (SSSR count). The van der Waals surface area contributed by atoms with Crippen molar-refractivity contribution in [1.82, 2.24) is 10.3 Å². The van der Waals surface area contributed by atoms with Gasteiger partial charge in [0.05, 0.1) is 4.70 Å². The highest BCUT2D eigenvalue weighted by atomic mass is 32.1. The van der Waals surface area contributed by atoms with Gasteiger partial charge in [-0.1, -0.05) is 11.3 Å². The molecule has 0 aliphatic heterocycles. The molecule has 4 aliphatic rings. The number of hydrogen-bond donors (Lipinski definition) is 2. The third-order valence-corrected chi connectivity index (χ3v) is 7.08. The van der Waals surface area contributed by atoms with Crippen LogP contribution in [0.2, 0.25) is 0 Å². The van der Waals surface area contributed by atoms with Crippen LogP contribution in [0.25, 0.3) is 10.2 Å². The minimum absolute atomic E-state index is 0.0938. The van der Waals surface area contributed by atoms with Crippen LogP contribution in [0.5, 0.6) is 0 Å². The molecule has 0 unspecified atom stereocenters. The predicted molar refractivity (Wildman–Crippen MR) is 92.5 cm³/mol. The molecule has 4 aliphatic carbocycles. The van der Waals surface area contributed by atoms with Crippen molar-refractivity contribution in [1.29, 1.82) is 0 Å². The fraction of sp³-hybridized carbons (Fsp3) is 0.556.